The Morgan fingerprint density at radius 1 is 1.25 bits per heavy atom. The fourth-order valence-corrected chi connectivity index (χ4v) is 3.70. The summed E-state index contributed by atoms with van der Waals surface area (Å²) in [6.45, 7) is 2.05. The second kappa shape index (κ2) is 6.06. The van der Waals surface area contributed by atoms with Crippen LogP contribution >= 0.6 is 22.7 Å². The SMILES string of the molecule is Cc1ccc(-c2csc(NC(=O)c3cc(-c4ccco4)on3)n2)s1. The maximum absolute atomic E-state index is 12.3. The monoisotopic (exact) mass is 357 g/mol. The fraction of sp³-hybridized carbons (Fsp3) is 0.0625. The summed E-state index contributed by atoms with van der Waals surface area (Å²) in [5, 5.41) is 8.93. The van der Waals surface area contributed by atoms with Crippen molar-refractivity contribution in [2.75, 3.05) is 5.32 Å². The van der Waals surface area contributed by atoms with Gasteiger partial charge in [-0.3, -0.25) is 10.1 Å². The van der Waals surface area contributed by atoms with Crippen molar-refractivity contribution in [2.45, 2.75) is 6.92 Å². The van der Waals surface area contributed by atoms with Crippen molar-refractivity contribution in [2.24, 2.45) is 0 Å². The highest BCUT2D eigenvalue weighted by atomic mass is 32.1. The highest BCUT2D eigenvalue weighted by molar-refractivity contribution is 7.17. The number of nitrogens with one attached hydrogen (secondary N) is 1. The summed E-state index contributed by atoms with van der Waals surface area (Å²) < 4.78 is 10.3. The van der Waals surface area contributed by atoms with Crippen LogP contribution in [0.15, 0.2) is 50.9 Å². The van der Waals surface area contributed by atoms with Crippen LogP contribution in [-0.4, -0.2) is 16.0 Å². The first kappa shape index (κ1) is 14.9. The molecule has 4 rings (SSSR count). The van der Waals surface area contributed by atoms with Crippen molar-refractivity contribution in [1.82, 2.24) is 10.1 Å². The predicted octanol–water partition coefficient (Wildman–Crippen LogP) is 4.68. The zero-order valence-electron chi connectivity index (χ0n) is 12.5. The smallest absolute Gasteiger partial charge is 0.279 e. The number of hydrogen-bond acceptors (Lipinski definition) is 7. The molecule has 120 valence electrons. The van der Waals surface area contributed by atoms with Gasteiger partial charge >= 0.3 is 0 Å². The average molecular weight is 357 g/mol. The van der Waals surface area contributed by atoms with E-state index in [4.69, 9.17) is 8.94 Å². The van der Waals surface area contributed by atoms with E-state index in [9.17, 15) is 4.79 Å². The number of aryl methyl sites for hydroxylation is 1. The Labute approximate surface area is 144 Å². The van der Waals surface area contributed by atoms with Gasteiger partial charge in [-0.2, -0.15) is 0 Å². The quantitative estimate of drug-likeness (QED) is 0.573. The van der Waals surface area contributed by atoms with Crippen molar-refractivity contribution in [3.8, 4) is 22.1 Å². The van der Waals surface area contributed by atoms with Gasteiger partial charge in [-0.25, -0.2) is 4.98 Å². The third-order valence-electron chi connectivity index (χ3n) is 3.22. The molecule has 0 atom stereocenters. The van der Waals surface area contributed by atoms with Crippen LogP contribution in [0.3, 0.4) is 0 Å². The van der Waals surface area contributed by atoms with Crippen LogP contribution in [0.5, 0.6) is 0 Å². The molecule has 0 spiro atoms. The molecule has 0 aliphatic rings. The summed E-state index contributed by atoms with van der Waals surface area (Å²) in [5.74, 6) is 0.546. The molecule has 0 unspecified atom stereocenters. The van der Waals surface area contributed by atoms with Crippen LogP contribution in [0.2, 0.25) is 0 Å². The molecule has 4 aromatic heterocycles. The van der Waals surface area contributed by atoms with E-state index in [0.717, 1.165) is 10.6 Å². The minimum Gasteiger partial charge on any atom is -0.461 e. The number of furan rings is 1. The zero-order chi connectivity index (χ0) is 16.5. The van der Waals surface area contributed by atoms with Gasteiger partial charge in [0.05, 0.1) is 16.8 Å². The maximum atomic E-state index is 12.3. The number of rotatable bonds is 4. The van der Waals surface area contributed by atoms with Gasteiger partial charge in [0.25, 0.3) is 5.91 Å². The van der Waals surface area contributed by atoms with Crippen LogP contribution in [0.1, 0.15) is 15.4 Å². The Bertz CT molecular complexity index is 982. The number of amides is 1. The molecule has 0 fully saturated rings. The third kappa shape index (κ3) is 2.89. The summed E-state index contributed by atoms with van der Waals surface area (Å²) in [7, 11) is 0. The van der Waals surface area contributed by atoms with Gasteiger partial charge in [-0.05, 0) is 31.2 Å². The molecular weight excluding hydrogens is 346 g/mol. The Balaban J connectivity index is 1.49. The molecule has 6 nitrogen and oxygen atoms in total. The summed E-state index contributed by atoms with van der Waals surface area (Å²) in [5.41, 5.74) is 1.02. The molecule has 0 aromatic carbocycles. The first-order valence-corrected chi connectivity index (χ1v) is 8.73. The molecule has 1 amide bonds. The Hall–Kier alpha value is -2.71. The molecule has 0 bridgehead atoms. The largest absolute Gasteiger partial charge is 0.461 e. The van der Waals surface area contributed by atoms with E-state index in [1.807, 2.05) is 24.4 Å². The van der Waals surface area contributed by atoms with Crippen molar-refractivity contribution >= 4 is 33.7 Å². The van der Waals surface area contributed by atoms with Crippen LogP contribution in [-0.2, 0) is 0 Å². The van der Waals surface area contributed by atoms with E-state index in [-0.39, 0.29) is 11.6 Å². The van der Waals surface area contributed by atoms with Gasteiger partial charge in [0.15, 0.2) is 16.6 Å². The lowest BCUT2D eigenvalue weighted by Crippen LogP contribution is -2.11. The minimum absolute atomic E-state index is 0.171. The fourth-order valence-electron chi connectivity index (χ4n) is 2.09. The van der Waals surface area contributed by atoms with Crippen LogP contribution in [0.25, 0.3) is 22.1 Å². The second-order valence-electron chi connectivity index (χ2n) is 4.96. The van der Waals surface area contributed by atoms with Crippen LogP contribution in [0, 0.1) is 6.92 Å². The lowest BCUT2D eigenvalue weighted by molar-refractivity contribution is 0.101. The molecule has 0 saturated carbocycles. The van der Waals surface area contributed by atoms with Gasteiger partial charge in [0.1, 0.15) is 0 Å². The lowest BCUT2D eigenvalue weighted by atomic mass is 10.3. The first-order valence-electron chi connectivity index (χ1n) is 7.03. The van der Waals surface area contributed by atoms with E-state index in [0.29, 0.717) is 16.7 Å². The van der Waals surface area contributed by atoms with Gasteiger partial charge in [0, 0.05) is 16.3 Å². The Morgan fingerprint density at radius 2 is 2.17 bits per heavy atom. The van der Waals surface area contributed by atoms with Gasteiger partial charge in [0.2, 0.25) is 5.76 Å². The molecule has 4 aromatic rings. The Kier molecular flexibility index (Phi) is 3.75. The third-order valence-corrected chi connectivity index (χ3v) is 5.01. The van der Waals surface area contributed by atoms with Crippen molar-refractivity contribution < 1.29 is 13.7 Å². The number of nitrogens with zero attached hydrogens (tertiary/aromatic N) is 2. The van der Waals surface area contributed by atoms with Gasteiger partial charge < -0.3 is 8.94 Å². The lowest BCUT2D eigenvalue weighted by Gasteiger charge is -1.96. The predicted molar refractivity (Wildman–Crippen MR) is 92.3 cm³/mol. The first-order chi connectivity index (χ1) is 11.7. The number of thiophene rings is 1. The maximum Gasteiger partial charge on any atom is 0.279 e. The van der Waals surface area contributed by atoms with E-state index in [1.54, 1.807) is 23.5 Å². The molecule has 24 heavy (non-hydrogen) atoms. The summed E-state index contributed by atoms with van der Waals surface area (Å²) >= 11 is 3.03. The van der Waals surface area contributed by atoms with E-state index >= 15 is 0 Å². The molecule has 0 aliphatic heterocycles. The Morgan fingerprint density at radius 3 is 2.92 bits per heavy atom. The normalized spacial score (nSPS) is 10.9. The van der Waals surface area contributed by atoms with Gasteiger partial charge in [-0.15, -0.1) is 22.7 Å². The standard InChI is InChI=1S/C16H11N3O3S2/c1-9-4-5-14(24-9)11-8-23-16(17-11)18-15(20)10-7-13(22-19-10)12-3-2-6-21-12/h2-8H,1H3,(H,17,18,20). The molecule has 0 saturated heterocycles. The van der Waals surface area contributed by atoms with Crippen molar-refractivity contribution in [3.63, 3.8) is 0 Å². The molecule has 8 heteroatoms. The van der Waals surface area contributed by atoms with Crippen LogP contribution in [0.4, 0.5) is 5.13 Å². The van der Waals surface area contributed by atoms with E-state index < -0.39 is 0 Å². The summed E-state index contributed by atoms with van der Waals surface area (Å²) in [6, 6.07) is 9.07. The second-order valence-corrected chi connectivity index (χ2v) is 7.10. The van der Waals surface area contributed by atoms with Crippen LogP contribution < -0.4 is 5.32 Å². The zero-order valence-corrected chi connectivity index (χ0v) is 14.1. The highest BCUT2D eigenvalue weighted by Gasteiger charge is 2.17. The molecule has 1 N–H and O–H groups in total. The van der Waals surface area contributed by atoms with Crippen molar-refractivity contribution in [1.29, 1.82) is 0 Å². The number of aromatic nitrogens is 2. The number of carbonyl (C=O) groups is 1. The summed E-state index contributed by atoms with van der Waals surface area (Å²) in [4.78, 5) is 19.0. The molecular formula is C16H11N3O3S2. The van der Waals surface area contributed by atoms with E-state index in [2.05, 4.69) is 15.5 Å². The van der Waals surface area contributed by atoms with E-state index in [1.165, 1.54) is 28.5 Å². The number of anilines is 1. The number of carbonyl (C=O) groups excluding carboxylic acids is 1. The topological polar surface area (TPSA) is 81.2 Å². The molecule has 4 heterocycles. The highest BCUT2D eigenvalue weighted by Crippen LogP contribution is 2.30. The molecule has 0 radical (unpaired) electrons. The minimum atomic E-state index is -0.375. The number of thiazole rings is 1. The average Bonchev–Trinajstić information content (AvgIpc) is 3.34. The number of hydrogen-bond donors (Lipinski definition) is 1. The molecule has 0 aliphatic carbocycles. The van der Waals surface area contributed by atoms with Gasteiger partial charge in [-0.1, -0.05) is 5.16 Å². The van der Waals surface area contributed by atoms with Crippen molar-refractivity contribution in [3.05, 3.63) is 52.5 Å². The summed E-state index contributed by atoms with van der Waals surface area (Å²) in [6.07, 6.45) is 1.53.